The van der Waals surface area contributed by atoms with Crippen molar-refractivity contribution in [3.8, 4) is 0 Å². The number of carbonyl (C=O) groups excluding carboxylic acids is 2. The monoisotopic (exact) mass is 390 g/mol. The molecule has 0 aliphatic carbocycles. The van der Waals surface area contributed by atoms with Crippen LogP contribution < -0.4 is 5.32 Å². The van der Waals surface area contributed by atoms with Gasteiger partial charge >= 0.3 is 0 Å². The van der Waals surface area contributed by atoms with Gasteiger partial charge in [0.1, 0.15) is 6.04 Å². The van der Waals surface area contributed by atoms with Gasteiger partial charge in [-0.3, -0.25) is 9.59 Å². The van der Waals surface area contributed by atoms with E-state index in [9.17, 15) is 9.59 Å². The molecule has 0 saturated heterocycles. The van der Waals surface area contributed by atoms with E-state index in [2.05, 4.69) is 5.32 Å². The number of thioether (sulfide) groups is 1. The lowest BCUT2D eigenvalue weighted by molar-refractivity contribution is -0.138. The zero-order valence-electron chi connectivity index (χ0n) is 15.2. The van der Waals surface area contributed by atoms with Gasteiger partial charge in [0.25, 0.3) is 0 Å². The number of rotatable bonds is 7. The Kier molecular flexibility index (Phi) is 7.54. The van der Waals surface area contributed by atoms with E-state index in [4.69, 9.17) is 11.6 Å². The Labute approximate surface area is 163 Å². The van der Waals surface area contributed by atoms with Crippen LogP contribution in [0.3, 0.4) is 0 Å². The molecule has 2 aromatic carbocycles. The zero-order valence-corrected chi connectivity index (χ0v) is 16.7. The Morgan fingerprint density at radius 3 is 2.42 bits per heavy atom. The summed E-state index contributed by atoms with van der Waals surface area (Å²) in [5.74, 6) is -0.0492. The Morgan fingerprint density at radius 1 is 1.15 bits per heavy atom. The van der Waals surface area contributed by atoms with Crippen LogP contribution in [-0.2, 0) is 16.1 Å². The zero-order chi connectivity index (χ0) is 19.1. The topological polar surface area (TPSA) is 49.4 Å². The summed E-state index contributed by atoms with van der Waals surface area (Å²) in [5.41, 5.74) is 1.99. The quantitative estimate of drug-likeness (QED) is 0.729. The minimum atomic E-state index is -0.581. The molecule has 1 atom stereocenters. The third-order valence-corrected chi connectivity index (χ3v) is 5.46. The molecule has 0 aliphatic heterocycles. The Morgan fingerprint density at radius 2 is 1.81 bits per heavy atom. The second-order valence-electron chi connectivity index (χ2n) is 6.01. The number of aryl methyl sites for hydroxylation is 1. The lowest BCUT2D eigenvalue weighted by atomic mass is 10.1. The second kappa shape index (κ2) is 9.64. The molecule has 0 saturated carbocycles. The Bertz CT molecular complexity index is 765. The summed E-state index contributed by atoms with van der Waals surface area (Å²) in [5, 5.41) is 3.19. The lowest BCUT2D eigenvalue weighted by Crippen LogP contribution is -2.47. The number of nitrogens with one attached hydrogen (secondary N) is 1. The normalized spacial score (nSPS) is 11.7. The summed E-state index contributed by atoms with van der Waals surface area (Å²) in [6.07, 6.45) is 0. The van der Waals surface area contributed by atoms with Gasteiger partial charge in [0.2, 0.25) is 11.8 Å². The van der Waals surface area contributed by atoms with Crippen molar-refractivity contribution >= 4 is 35.2 Å². The maximum absolute atomic E-state index is 12.8. The predicted molar refractivity (Wildman–Crippen MR) is 107 cm³/mol. The smallest absolute Gasteiger partial charge is 0.242 e. The molecular weight excluding hydrogens is 368 g/mol. The van der Waals surface area contributed by atoms with E-state index in [1.807, 2.05) is 49.4 Å². The second-order valence-corrected chi connectivity index (χ2v) is 7.46. The van der Waals surface area contributed by atoms with Crippen LogP contribution in [0.15, 0.2) is 53.4 Å². The molecule has 2 amide bonds. The molecule has 0 unspecified atom stereocenters. The first kappa shape index (κ1) is 20.3. The minimum Gasteiger partial charge on any atom is -0.357 e. The fraction of sp³-hybridized carbons (Fsp3) is 0.300. The molecule has 6 heteroatoms. The van der Waals surface area contributed by atoms with Gasteiger partial charge in [0.15, 0.2) is 0 Å². The van der Waals surface area contributed by atoms with Gasteiger partial charge < -0.3 is 10.2 Å². The number of hydrogen-bond acceptors (Lipinski definition) is 3. The van der Waals surface area contributed by atoms with E-state index in [0.717, 1.165) is 10.5 Å². The molecule has 0 spiro atoms. The molecule has 2 rings (SSSR count). The van der Waals surface area contributed by atoms with E-state index in [-0.39, 0.29) is 17.6 Å². The summed E-state index contributed by atoms with van der Waals surface area (Å²) < 4.78 is 0. The predicted octanol–water partition coefficient (Wildman–Crippen LogP) is 3.90. The van der Waals surface area contributed by atoms with E-state index in [1.165, 1.54) is 17.3 Å². The summed E-state index contributed by atoms with van der Waals surface area (Å²) in [4.78, 5) is 27.5. The minimum absolute atomic E-state index is 0.105. The molecule has 0 radical (unpaired) electrons. The van der Waals surface area contributed by atoms with Crippen LogP contribution in [0, 0.1) is 6.92 Å². The Hall–Kier alpha value is -1.98. The van der Waals surface area contributed by atoms with Crippen molar-refractivity contribution in [2.45, 2.75) is 31.3 Å². The fourth-order valence-corrected chi connectivity index (χ4v) is 3.44. The number of amides is 2. The average Bonchev–Trinajstić information content (AvgIpc) is 2.65. The van der Waals surface area contributed by atoms with Crippen LogP contribution >= 0.6 is 23.4 Å². The highest BCUT2D eigenvalue weighted by atomic mass is 35.5. The SMILES string of the molecule is CNC(=O)[C@@H](C)N(Cc1ccccc1Cl)C(=O)CSc1ccc(C)cc1. The van der Waals surface area contributed by atoms with Crippen molar-refractivity contribution in [1.82, 2.24) is 10.2 Å². The first-order chi connectivity index (χ1) is 12.4. The third-order valence-electron chi connectivity index (χ3n) is 4.10. The van der Waals surface area contributed by atoms with Crippen molar-refractivity contribution in [1.29, 1.82) is 0 Å². The van der Waals surface area contributed by atoms with E-state index in [1.54, 1.807) is 24.9 Å². The highest BCUT2D eigenvalue weighted by Crippen LogP contribution is 2.22. The van der Waals surface area contributed by atoms with Gasteiger partial charge in [0.05, 0.1) is 5.75 Å². The van der Waals surface area contributed by atoms with Crippen molar-refractivity contribution < 1.29 is 9.59 Å². The standard InChI is InChI=1S/C20H23ClN2O2S/c1-14-8-10-17(11-9-14)26-13-19(24)23(15(2)20(25)22-3)12-16-6-4-5-7-18(16)21/h4-11,15H,12-13H2,1-3H3,(H,22,25)/t15-/m1/s1. The number of nitrogens with zero attached hydrogens (tertiary/aromatic N) is 1. The molecule has 1 N–H and O–H groups in total. The molecule has 0 aromatic heterocycles. The van der Waals surface area contributed by atoms with Crippen LogP contribution in [0.4, 0.5) is 0 Å². The lowest BCUT2D eigenvalue weighted by Gasteiger charge is -2.28. The van der Waals surface area contributed by atoms with Gasteiger partial charge in [0, 0.05) is 23.5 Å². The summed E-state index contributed by atoms with van der Waals surface area (Å²) in [6, 6.07) is 14.8. The first-order valence-electron chi connectivity index (χ1n) is 8.36. The summed E-state index contributed by atoms with van der Waals surface area (Å²) in [7, 11) is 1.57. The molecule has 0 aliphatic rings. The van der Waals surface area contributed by atoms with Gasteiger partial charge in [-0.2, -0.15) is 0 Å². The molecule has 26 heavy (non-hydrogen) atoms. The summed E-state index contributed by atoms with van der Waals surface area (Å²) in [6.45, 7) is 4.04. The third kappa shape index (κ3) is 5.51. The summed E-state index contributed by atoms with van der Waals surface area (Å²) >= 11 is 7.70. The maximum Gasteiger partial charge on any atom is 0.242 e. The van der Waals surface area contributed by atoms with Gasteiger partial charge in [-0.1, -0.05) is 47.5 Å². The molecule has 2 aromatic rings. The molecule has 0 bridgehead atoms. The van der Waals surface area contributed by atoms with Crippen LogP contribution in [-0.4, -0.2) is 35.6 Å². The molecule has 0 fully saturated rings. The van der Waals surface area contributed by atoms with Crippen LogP contribution in [0.25, 0.3) is 0 Å². The fourth-order valence-electron chi connectivity index (χ4n) is 2.46. The highest BCUT2D eigenvalue weighted by molar-refractivity contribution is 8.00. The van der Waals surface area contributed by atoms with E-state index >= 15 is 0 Å². The number of halogens is 1. The molecular formula is C20H23ClN2O2S. The van der Waals surface area contributed by atoms with E-state index in [0.29, 0.717) is 11.6 Å². The van der Waals surface area contributed by atoms with Gasteiger partial charge in [-0.05, 0) is 37.6 Å². The first-order valence-corrected chi connectivity index (χ1v) is 9.72. The van der Waals surface area contributed by atoms with Crippen molar-refractivity contribution in [3.05, 3.63) is 64.7 Å². The van der Waals surface area contributed by atoms with Crippen molar-refractivity contribution in [2.75, 3.05) is 12.8 Å². The van der Waals surface area contributed by atoms with Gasteiger partial charge in [-0.25, -0.2) is 0 Å². The van der Waals surface area contributed by atoms with Gasteiger partial charge in [-0.15, -0.1) is 11.8 Å². The number of carbonyl (C=O) groups is 2. The molecule has 4 nitrogen and oxygen atoms in total. The van der Waals surface area contributed by atoms with Crippen molar-refractivity contribution in [3.63, 3.8) is 0 Å². The van der Waals surface area contributed by atoms with Crippen LogP contribution in [0.2, 0.25) is 5.02 Å². The Balaban J connectivity index is 2.13. The average molecular weight is 391 g/mol. The molecule has 138 valence electrons. The molecule has 0 heterocycles. The van der Waals surface area contributed by atoms with Crippen LogP contribution in [0.5, 0.6) is 0 Å². The van der Waals surface area contributed by atoms with E-state index < -0.39 is 6.04 Å². The number of benzene rings is 2. The van der Waals surface area contributed by atoms with Crippen molar-refractivity contribution in [2.24, 2.45) is 0 Å². The number of likely N-dealkylation sites (N-methyl/N-ethyl adjacent to an activating group) is 1. The maximum atomic E-state index is 12.8. The largest absolute Gasteiger partial charge is 0.357 e. The van der Waals surface area contributed by atoms with Crippen LogP contribution in [0.1, 0.15) is 18.1 Å². The number of hydrogen-bond donors (Lipinski definition) is 1. The highest BCUT2D eigenvalue weighted by Gasteiger charge is 2.26.